The Bertz CT molecular complexity index is 519. The Balaban J connectivity index is 2.27. The van der Waals surface area contributed by atoms with Gasteiger partial charge in [-0.25, -0.2) is 4.98 Å². The topological polar surface area (TPSA) is 35.0 Å². The maximum atomic E-state index is 5.57. The third kappa shape index (κ3) is 3.02. The highest BCUT2D eigenvalue weighted by molar-refractivity contribution is 9.11. The van der Waals surface area contributed by atoms with Crippen LogP contribution >= 0.6 is 47.8 Å². The molecule has 0 amide bonds. The first-order valence-electron chi connectivity index (χ1n) is 4.24. The van der Waals surface area contributed by atoms with Gasteiger partial charge in [0, 0.05) is 21.3 Å². The van der Waals surface area contributed by atoms with Crippen molar-refractivity contribution in [2.75, 3.05) is 0 Å². The first kappa shape index (κ1) is 12.0. The number of halogens is 3. The number of aromatic nitrogens is 2. The molecule has 0 bridgehead atoms. The summed E-state index contributed by atoms with van der Waals surface area (Å²) in [6, 6.07) is 3.69. The molecular weight excluding hydrogens is 404 g/mol. The summed E-state index contributed by atoms with van der Waals surface area (Å²) in [5.74, 6) is 1.13. The summed E-state index contributed by atoms with van der Waals surface area (Å²) >= 11 is 10.0. The van der Waals surface area contributed by atoms with Crippen LogP contribution in [0, 0.1) is 0 Å². The number of ether oxygens (including phenoxy) is 1. The predicted molar refractivity (Wildman–Crippen MR) is 71.6 cm³/mol. The fraction of sp³-hybridized carbons (Fsp3) is 0. The van der Waals surface area contributed by atoms with E-state index in [1.54, 1.807) is 18.6 Å². The Morgan fingerprint density at radius 3 is 2.38 bits per heavy atom. The number of hydrogen-bond donors (Lipinski definition) is 0. The van der Waals surface area contributed by atoms with Crippen LogP contribution < -0.4 is 4.74 Å². The van der Waals surface area contributed by atoms with E-state index in [1.165, 1.54) is 0 Å². The number of hydrogen-bond acceptors (Lipinski definition) is 3. The van der Waals surface area contributed by atoms with Crippen molar-refractivity contribution in [3.05, 3.63) is 44.1 Å². The first-order chi connectivity index (χ1) is 7.65. The number of pyridine rings is 2. The van der Waals surface area contributed by atoms with Crippen molar-refractivity contribution in [3.63, 3.8) is 0 Å². The Morgan fingerprint density at radius 2 is 1.69 bits per heavy atom. The maximum absolute atomic E-state index is 5.57. The van der Waals surface area contributed by atoms with Crippen LogP contribution in [0.15, 0.2) is 44.1 Å². The van der Waals surface area contributed by atoms with Gasteiger partial charge in [-0.05, 0) is 59.9 Å². The van der Waals surface area contributed by atoms with Gasteiger partial charge in [0.1, 0.15) is 5.75 Å². The minimum absolute atomic E-state index is 0.503. The fourth-order valence-electron chi connectivity index (χ4n) is 1.04. The van der Waals surface area contributed by atoms with Gasteiger partial charge in [-0.2, -0.15) is 0 Å². The minimum Gasteiger partial charge on any atom is -0.436 e. The molecule has 0 aromatic carbocycles. The zero-order valence-electron chi connectivity index (χ0n) is 7.82. The smallest absolute Gasteiger partial charge is 0.233 e. The lowest BCUT2D eigenvalue weighted by atomic mass is 10.4. The molecule has 0 aliphatic carbocycles. The summed E-state index contributed by atoms with van der Waals surface area (Å²) in [6.07, 6.45) is 4.99. The van der Waals surface area contributed by atoms with Crippen LogP contribution in [0.4, 0.5) is 0 Å². The number of nitrogens with zero attached hydrogens (tertiary/aromatic N) is 2. The van der Waals surface area contributed by atoms with Crippen molar-refractivity contribution >= 4 is 47.8 Å². The van der Waals surface area contributed by atoms with Crippen molar-refractivity contribution in [3.8, 4) is 11.6 Å². The zero-order valence-corrected chi connectivity index (χ0v) is 12.6. The lowest BCUT2D eigenvalue weighted by Crippen LogP contribution is -1.89. The standard InChI is InChI=1S/C10H5Br3N2O/c11-6-1-8(5-14-3-6)16-10-9(13)2-7(12)4-15-10/h1-5H. The fourth-order valence-corrected chi connectivity index (χ4v) is 2.45. The van der Waals surface area contributed by atoms with E-state index >= 15 is 0 Å². The van der Waals surface area contributed by atoms with Gasteiger partial charge >= 0.3 is 0 Å². The molecule has 0 spiro atoms. The third-order valence-corrected chi connectivity index (χ3v) is 3.10. The molecule has 0 aliphatic heterocycles. The molecule has 2 aromatic heterocycles. The molecule has 0 radical (unpaired) electrons. The van der Waals surface area contributed by atoms with E-state index in [4.69, 9.17) is 4.74 Å². The van der Waals surface area contributed by atoms with Crippen molar-refractivity contribution in [1.29, 1.82) is 0 Å². The van der Waals surface area contributed by atoms with Crippen LogP contribution in [0.1, 0.15) is 0 Å². The Labute approximate surface area is 118 Å². The Morgan fingerprint density at radius 1 is 0.938 bits per heavy atom. The molecule has 3 nitrogen and oxygen atoms in total. The molecule has 2 rings (SSSR count). The van der Waals surface area contributed by atoms with Crippen LogP contribution in [0.3, 0.4) is 0 Å². The second kappa shape index (κ2) is 5.25. The Hall–Kier alpha value is -0.460. The van der Waals surface area contributed by atoms with Crippen molar-refractivity contribution in [2.24, 2.45) is 0 Å². The summed E-state index contributed by atoms with van der Waals surface area (Å²) < 4.78 is 8.10. The van der Waals surface area contributed by atoms with Crippen LogP contribution in [0.25, 0.3) is 0 Å². The highest BCUT2D eigenvalue weighted by Crippen LogP contribution is 2.29. The monoisotopic (exact) mass is 406 g/mol. The van der Waals surface area contributed by atoms with Gasteiger partial charge in [0.25, 0.3) is 0 Å². The number of rotatable bonds is 2. The molecule has 0 saturated heterocycles. The summed E-state index contributed by atoms with van der Waals surface area (Å²) in [4.78, 5) is 8.15. The summed E-state index contributed by atoms with van der Waals surface area (Å²) in [6.45, 7) is 0. The van der Waals surface area contributed by atoms with Gasteiger partial charge in [0.05, 0.1) is 10.7 Å². The molecule has 82 valence electrons. The van der Waals surface area contributed by atoms with Crippen LogP contribution in [-0.4, -0.2) is 9.97 Å². The Kier molecular flexibility index (Phi) is 3.94. The zero-order chi connectivity index (χ0) is 11.5. The molecule has 6 heteroatoms. The summed E-state index contributed by atoms with van der Waals surface area (Å²) in [5.41, 5.74) is 0. The maximum Gasteiger partial charge on any atom is 0.233 e. The quantitative estimate of drug-likeness (QED) is 0.730. The van der Waals surface area contributed by atoms with Gasteiger partial charge in [0.15, 0.2) is 0 Å². The van der Waals surface area contributed by atoms with Crippen molar-refractivity contribution in [2.45, 2.75) is 0 Å². The van der Waals surface area contributed by atoms with E-state index in [-0.39, 0.29) is 0 Å². The SMILES string of the molecule is Brc1cncc(Oc2ncc(Br)cc2Br)c1. The largest absolute Gasteiger partial charge is 0.436 e. The second-order valence-electron chi connectivity index (χ2n) is 2.88. The third-order valence-electron chi connectivity index (χ3n) is 1.67. The predicted octanol–water partition coefficient (Wildman–Crippen LogP) is 4.56. The molecule has 2 heterocycles. The van der Waals surface area contributed by atoms with Gasteiger partial charge < -0.3 is 4.74 Å². The van der Waals surface area contributed by atoms with Crippen LogP contribution in [-0.2, 0) is 0 Å². The van der Waals surface area contributed by atoms with Crippen molar-refractivity contribution in [1.82, 2.24) is 9.97 Å². The van der Waals surface area contributed by atoms with E-state index < -0.39 is 0 Å². The van der Waals surface area contributed by atoms with Crippen LogP contribution in [0.5, 0.6) is 11.6 Å². The molecule has 2 aromatic rings. The average molecular weight is 409 g/mol. The lowest BCUT2D eigenvalue weighted by molar-refractivity contribution is 0.457. The molecule has 0 atom stereocenters. The average Bonchev–Trinajstić information content (AvgIpc) is 2.22. The highest BCUT2D eigenvalue weighted by Gasteiger charge is 2.05. The molecule has 0 N–H and O–H groups in total. The van der Waals surface area contributed by atoms with Crippen LogP contribution in [0.2, 0.25) is 0 Å². The highest BCUT2D eigenvalue weighted by atomic mass is 79.9. The van der Waals surface area contributed by atoms with E-state index in [9.17, 15) is 0 Å². The first-order valence-corrected chi connectivity index (χ1v) is 6.62. The van der Waals surface area contributed by atoms with E-state index in [0.29, 0.717) is 11.6 Å². The van der Waals surface area contributed by atoms with E-state index in [2.05, 4.69) is 57.8 Å². The van der Waals surface area contributed by atoms with Gasteiger partial charge in [-0.3, -0.25) is 4.98 Å². The van der Waals surface area contributed by atoms with Gasteiger partial charge in [-0.1, -0.05) is 0 Å². The van der Waals surface area contributed by atoms with Gasteiger partial charge in [-0.15, -0.1) is 0 Å². The van der Waals surface area contributed by atoms with Crippen molar-refractivity contribution < 1.29 is 4.74 Å². The molecule has 0 saturated carbocycles. The molecule has 0 fully saturated rings. The molecule has 0 unspecified atom stereocenters. The summed E-state index contributed by atoms with van der Waals surface area (Å²) in [5, 5.41) is 0. The van der Waals surface area contributed by atoms with E-state index in [1.807, 2.05) is 12.1 Å². The lowest BCUT2D eigenvalue weighted by Gasteiger charge is -2.06. The van der Waals surface area contributed by atoms with E-state index in [0.717, 1.165) is 13.4 Å². The minimum atomic E-state index is 0.503. The summed E-state index contributed by atoms with van der Waals surface area (Å²) in [7, 11) is 0. The molecular formula is C10H5Br3N2O. The molecule has 0 aliphatic rings. The second-order valence-corrected chi connectivity index (χ2v) is 5.57. The van der Waals surface area contributed by atoms with Gasteiger partial charge in [0.2, 0.25) is 5.88 Å². The molecule has 16 heavy (non-hydrogen) atoms. The normalized spacial score (nSPS) is 10.2.